The fraction of sp³-hybridized carbons (Fsp3) is 0.0667. The van der Waals surface area contributed by atoms with Crippen molar-refractivity contribution in [1.29, 1.82) is 0 Å². The summed E-state index contributed by atoms with van der Waals surface area (Å²) in [4.78, 5) is 15.9. The van der Waals surface area contributed by atoms with E-state index in [2.05, 4.69) is 4.98 Å². The molecule has 0 aliphatic heterocycles. The number of pyridine rings is 1. The number of imidazole rings is 1. The number of aldehydes is 1. The Bertz CT molecular complexity index is 826. The summed E-state index contributed by atoms with van der Waals surface area (Å²) in [6.45, 7) is 0. The molecular weight excluding hydrogens is 311 g/mol. The van der Waals surface area contributed by atoms with E-state index in [1.165, 1.54) is 0 Å². The van der Waals surface area contributed by atoms with Crippen molar-refractivity contribution < 1.29 is 9.53 Å². The second-order valence-corrected chi connectivity index (χ2v) is 5.24. The molecule has 0 saturated heterocycles. The lowest BCUT2D eigenvalue weighted by atomic mass is 10.1. The van der Waals surface area contributed by atoms with Crippen LogP contribution in [0.2, 0.25) is 10.0 Å². The minimum atomic E-state index is 0.394. The summed E-state index contributed by atoms with van der Waals surface area (Å²) in [5.74, 6) is 0.733. The molecule has 21 heavy (non-hydrogen) atoms. The summed E-state index contributed by atoms with van der Waals surface area (Å²) in [5.41, 5.74) is 2.25. The van der Waals surface area contributed by atoms with E-state index in [4.69, 9.17) is 27.9 Å². The van der Waals surface area contributed by atoms with E-state index >= 15 is 0 Å². The number of rotatable bonds is 3. The molecule has 0 spiro atoms. The Morgan fingerprint density at radius 3 is 2.57 bits per heavy atom. The van der Waals surface area contributed by atoms with Crippen LogP contribution < -0.4 is 4.74 Å². The van der Waals surface area contributed by atoms with Crippen molar-refractivity contribution >= 4 is 35.1 Å². The Labute approximate surface area is 130 Å². The van der Waals surface area contributed by atoms with Gasteiger partial charge in [-0.15, -0.1) is 0 Å². The Kier molecular flexibility index (Phi) is 3.57. The molecule has 1 aromatic carbocycles. The number of carbonyl (C=O) groups is 1. The molecule has 0 saturated carbocycles. The number of hydrogen-bond donors (Lipinski definition) is 0. The van der Waals surface area contributed by atoms with Crippen LogP contribution in [0, 0.1) is 0 Å². The maximum atomic E-state index is 11.4. The monoisotopic (exact) mass is 320 g/mol. The van der Waals surface area contributed by atoms with E-state index in [9.17, 15) is 4.79 Å². The van der Waals surface area contributed by atoms with Gasteiger partial charge in [-0.1, -0.05) is 23.2 Å². The maximum Gasteiger partial charge on any atom is 0.169 e. The third-order valence-electron chi connectivity index (χ3n) is 3.15. The predicted molar refractivity (Wildman–Crippen MR) is 82.6 cm³/mol. The maximum absolute atomic E-state index is 11.4. The Balaban J connectivity index is 2.26. The van der Waals surface area contributed by atoms with E-state index in [1.807, 2.05) is 24.3 Å². The smallest absolute Gasteiger partial charge is 0.169 e. The Morgan fingerprint density at radius 1 is 1.24 bits per heavy atom. The lowest BCUT2D eigenvalue weighted by molar-refractivity contribution is 0.111. The summed E-state index contributed by atoms with van der Waals surface area (Å²) < 4.78 is 6.72. The van der Waals surface area contributed by atoms with Gasteiger partial charge in [-0.2, -0.15) is 0 Å². The molecule has 0 aliphatic rings. The highest BCUT2D eigenvalue weighted by atomic mass is 35.5. The summed E-state index contributed by atoms with van der Waals surface area (Å²) >= 11 is 12.1. The van der Waals surface area contributed by atoms with Gasteiger partial charge >= 0.3 is 0 Å². The highest BCUT2D eigenvalue weighted by Gasteiger charge is 2.16. The molecular formula is C15H10Cl2N2O2. The van der Waals surface area contributed by atoms with Crippen LogP contribution in [0.1, 0.15) is 10.5 Å². The Hall–Kier alpha value is -2.04. The zero-order valence-electron chi connectivity index (χ0n) is 11.0. The average Bonchev–Trinajstić information content (AvgIpc) is 2.86. The zero-order chi connectivity index (χ0) is 15.0. The molecule has 0 unspecified atom stereocenters. The summed E-state index contributed by atoms with van der Waals surface area (Å²) in [6, 6.07) is 8.88. The zero-order valence-corrected chi connectivity index (χ0v) is 12.5. The standard InChI is InChI=1S/C15H10Cl2N2O2/c1-21-11-4-2-9(3-5-11)14-13(8-20)19-7-10(16)6-12(17)15(19)18-14/h2-8H,1H3. The molecule has 0 N–H and O–H groups in total. The second kappa shape index (κ2) is 5.39. The van der Waals surface area contributed by atoms with Crippen LogP contribution in [0.25, 0.3) is 16.9 Å². The lowest BCUT2D eigenvalue weighted by Crippen LogP contribution is -1.93. The van der Waals surface area contributed by atoms with Crippen molar-refractivity contribution in [1.82, 2.24) is 9.38 Å². The van der Waals surface area contributed by atoms with E-state index in [0.29, 0.717) is 27.1 Å². The van der Waals surface area contributed by atoms with E-state index in [0.717, 1.165) is 17.6 Å². The van der Waals surface area contributed by atoms with Gasteiger partial charge in [0.1, 0.15) is 17.1 Å². The third-order valence-corrected chi connectivity index (χ3v) is 3.64. The number of benzene rings is 1. The molecule has 2 aromatic heterocycles. The third kappa shape index (κ3) is 2.37. The number of fused-ring (bicyclic) bond motifs is 1. The molecule has 0 bridgehead atoms. The first kappa shape index (κ1) is 13.9. The number of nitrogens with zero attached hydrogens (tertiary/aromatic N) is 2. The van der Waals surface area contributed by atoms with Gasteiger partial charge in [0.15, 0.2) is 11.9 Å². The average molecular weight is 321 g/mol. The molecule has 4 nitrogen and oxygen atoms in total. The fourth-order valence-electron chi connectivity index (χ4n) is 2.16. The number of hydrogen-bond acceptors (Lipinski definition) is 3. The first-order valence-corrected chi connectivity index (χ1v) is 6.86. The highest BCUT2D eigenvalue weighted by molar-refractivity contribution is 6.36. The van der Waals surface area contributed by atoms with Crippen molar-refractivity contribution in [3.8, 4) is 17.0 Å². The normalized spacial score (nSPS) is 10.8. The molecule has 0 aliphatic carbocycles. The van der Waals surface area contributed by atoms with E-state index in [-0.39, 0.29) is 0 Å². The second-order valence-electron chi connectivity index (χ2n) is 4.39. The van der Waals surface area contributed by atoms with E-state index in [1.54, 1.807) is 23.8 Å². The molecule has 0 fully saturated rings. The molecule has 2 heterocycles. The van der Waals surface area contributed by atoms with Crippen LogP contribution in [-0.4, -0.2) is 22.8 Å². The number of aromatic nitrogens is 2. The highest BCUT2D eigenvalue weighted by Crippen LogP contribution is 2.29. The molecule has 0 radical (unpaired) electrons. The summed E-state index contributed by atoms with van der Waals surface area (Å²) in [5, 5.41) is 0.833. The van der Waals surface area contributed by atoms with Crippen LogP contribution in [0.3, 0.4) is 0 Å². The summed E-state index contributed by atoms with van der Waals surface area (Å²) in [7, 11) is 1.60. The van der Waals surface area contributed by atoms with Crippen molar-refractivity contribution in [2.75, 3.05) is 7.11 Å². The van der Waals surface area contributed by atoms with Crippen LogP contribution in [-0.2, 0) is 0 Å². The first-order valence-electron chi connectivity index (χ1n) is 6.10. The Morgan fingerprint density at radius 2 is 1.95 bits per heavy atom. The van der Waals surface area contributed by atoms with Crippen LogP contribution in [0.15, 0.2) is 36.5 Å². The van der Waals surface area contributed by atoms with Gasteiger partial charge in [-0.25, -0.2) is 4.98 Å². The first-order chi connectivity index (χ1) is 10.1. The van der Waals surface area contributed by atoms with Gasteiger partial charge < -0.3 is 4.74 Å². The van der Waals surface area contributed by atoms with Crippen molar-refractivity contribution in [3.63, 3.8) is 0 Å². The predicted octanol–water partition coefficient (Wildman–Crippen LogP) is 4.13. The lowest BCUT2D eigenvalue weighted by Gasteiger charge is -2.02. The fourth-order valence-corrected chi connectivity index (χ4v) is 2.68. The number of methoxy groups -OCH3 is 1. The number of ether oxygens (including phenoxy) is 1. The number of halogens is 2. The number of carbonyl (C=O) groups excluding carboxylic acids is 1. The van der Waals surface area contributed by atoms with Crippen molar-refractivity contribution in [2.45, 2.75) is 0 Å². The van der Waals surface area contributed by atoms with Gasteiger partial charge in [0.25, 0.3) is 0 Å². The van der Waals surface area contributed by atoms with Gasteiger partial charge in [0.05, 0.1) is 17.2 Å². The molecule has 6 heteroatoms. The topological polar surface area (TPSA) is 43.6 Å². The molecule has 0 atom stereocenters. The quantitative estimate of drug-likeness (QED) is 0.681. The summed E-state index contributed by atoms with van der Waals surface area (Å²) in [6.07, 6.45) is 2.36. The van der Waals surface area contributed by atoms with Crippen LogP contribution in [0.4, 0.5) is 0 Å². The van der Waals surface area contributed by atoms with Gasteiger partial charge in [-0.05, 0) is 30.3 Å². The molecule has 3 rings (SSSR count). The van der Waals surface area contributed by atoms with Crippen LogP contribution in [0.5, 0.6) is 5.75 Å². The van der Waals surface area contributed by atoms with Crippen molar-refractivity contribution in [3.05, 3.63) is 52.3 Å². The van der Waals surface area contributed by atoms with Crippen LogP contribution >= 0.6 is 23.2 Å². The molecule has 3 aromatic rings. The SMILES string of the molecule is COc1ccc(-c2nc3c(Cl)cc(Cl)cn3c2C=O)cc1. The molecule has 0 amide bonds. The molecule has 106 valence electrons. The minimum Gasteiger partial charge on any atom is -0.497 e. The minimum absolute atomic E-state index is 0.394. The van der Waals surface area contributed by atoms with E-state index < -0.39 is 0 Å². The van der Waals surface area contributed by atoms with Gasteiger partial charge in [0, 0.05) is 11.8 Å². The van der Waals surface area contributed by atoms with Gasteiger partial charge in [-0.3, -0.25) is 9.20 Å². The largest absolute Gasteiger partial charge is 0.497 e. The van der Waals surface area contributed by atoms with Crippen molar-refractivity contribution in [2.24, 2.45) is 0 Å². The van der Waals surface area contributed by atoms with Gasteiger partial charge in [0.2, 0.25) is 0 Å².